The van der Waals surface area contributed by atoms with Crippen LogP contribution in [0.3, 0.4) is 0 Å². The average Bonchev–Trinajstić information content (AvgIpc) is 2.40. The molecule has 0 saturated carbocycles. The Hall–Kier alpha value is -1.49. The first-order valence-corrected chi connectivity index (χ1v) is 6.26. The van der Waals surface area contributed by atoms with Gasteiger partial charge in [0.25, 0.3) is 5.91 Å². The van der Waals surface area contributed by atoms with Gasteiger partial charge in [-0.1, -0.05) is 0 Å². The van der Waals surface area contributed by atoms with E-state index in [0.717, 1.165) is 38.7 Å². The van der Waals surface area contributed by atoms with Crippen molar-refractivity contribution in [2.75, 3.05) is 26.7 Å². The summed E-state index contributed by atoms with van der Waals surface area (Å²) in [6, 6.07) is 2.71. The summed E-state index contributed by atoms with van der Waals surface area (Å²) in [5.74, 6) is 0.123. The molecule has 0 unspecified atom stereocenters. The van der Waals surface area contributed by atoms with E-state index >= 15 is 0 Å². The van der Waals surface area contributed by atoms with Crippen LogP contribution in [0.2, 0.25) is 0 Å². The van der Waals surface area contributed by atoms with Crippen molar-refractivity contribution in [3.05, 3.63) is 29.8 Å². The highest BCUT2D eigenvalue weighted by Crippen LogP contribution is 2.17. The van der Waals surface area contributed by atoms with Crippen molar-refractivity contribution in [3.8, 4) is 0 Å². The number of hydrogen-bond acceptors (Lipinski definition) is 3. The summed E-state index contributed by atoms with van der Waals surface area (Å²) in [5.41, 5.74) is 0.323. The second-order valence-electron chi connectivity index (χ2n) is 4.65. The van der Waals surface area contributed by atoms with Crippen LogP contribution in [0.4, 0.5) is 4.39 Å². The molecule has 0 atom stereocenters. The lowest BCUT2D eigenvalue weighted by Gasteiger charge is -2.31. The van der Waals surface area contributed by atoms with E-state index in [1.807, 2.05) is 7.05 Å². The summed E-state index contributed by atoms with van der Waals surface area (Å²) in [7, 11) is 1.94. The number of halogens is 1. The summed E-state index contributed by atoms with van der Waals surface area (Å²) in [6.45, 7) is 2.51. The minimum Gasteiger partial charge on any atom is -0.337 e. The molecular weight excluding hydrogens is 233 g/mol. The van der Waals surface area contributed by atoms with Crippen LogP contribution < -0.4 is 5.32 Å². The van der Waals surface area contributed by atoms with E-state index in [9.17, 15) is 9.18 Å². The Morgan fingerprint density at radius 2 is 2.22 bits per heavy atom. The maximum Gasteiger partial charge on any atom is 0.272 e. The predicted molar refractivity (Wildman–Crippen MR) is 66.7 cm³/mol. The van der Waals surface area contributed by atoms with E-state index in [1.54, 1.807) is 4.90 Å². The summed E-state index contributed by atoms with van der Waals surface area (Å²) >= 11 is 0. The predicted octanol–water partition coefficient (Wildman–Crippen LogP) is 1.29. The topological polar surface area (TPSA) is 45.2 Å². The first-order valence-electron chi connectivity index (χ1n) is 6.26. The molecule has 5 heteroatoms. The van der Waals surface area contributed by atoms with Crippen molar-refractivity contribution < 1.29 is 9.18 Å². The SMILES string of the molecule is CNCC1CCN(C(=O)c2ccc(F)cn2)CC1. The molecule has 98 valence electrons. The third-order valence-electron chi connectivity index (χ3n) is 3.34. The highest BCUT2D eigenvalue weighted by molar-refractivity contribution is 5.92. The Balaban J connectivity index is 1.93. The molecule has 1 aromatic heterocycles. The van der Waals surface area contributed by atoms with Gasteiger partial charge in [-0.05, 0) is 44.5 Å². The fourth-order valence-electron chi connectivity index (χ4n) is 2.29. The average molecular weight is 251 g/mol. The van der Waals surface area contributed by atoms with Gasteiger partial charge in [-0.25, -0.2) is 9.37 Å². The maximum absolute atomic E-state index is 12.7. The number of nitrogens with one attached hydrogen (secondary N) is 1. The highest BCUT2D eigenvalue weighted by Gasteiger charge is 2.23. The smallest absolute Gasteiger partial charge is 0.272 e. The van der Waals surface area contributed by atoms with Crippen LogP contribution in [0.25, 0.3) is 0 Å². The second-order valence-corrected chi connectivity index (χ2v) is 4.65. The van der Waals surface area contributed by atoms with Crippen molar-refractivity contribution in [2.24, 2.45) is 5.92 Å². The van der Waals surface area contributed by atoms with Gasteiger partial charge in [0.1, 0.15) is 11.5 Å². The van der Waals surface area contributed by atoms with Gasteiger partial charge in [0.15, 0.2) is 0 Å². The number of nitrogens with zero attached hydrogens (tertiary/aromatic N) is 2. The monoisotopic (exact) mass is 251 g/mol. The zero-order valence-corrected chi connectivity index (χ0v) is 10.5. The van der Waals surface area contributed by atoms with Crippen LogP contribution in [0.15, 0.2) is 18.3 Å². The van der Waals surface area contributed by atoms with Gasteiger partial charge in [0.2, 0.25) is 0 Å². The molecule has 2 heterocycles. The minimum atomic E-state index is -0.417. The first-order chi connectivity index (χ1) is 8.70. The van der Waals surface area contributed by atoms with Crippen molar-refractivity contribution in [3.63, 3.8) is 0 Å². The molecule has 0 spiro atoms. The quantitative estimate of drug-likeness (QED) is 0.880. The summed E-state index contributed by atoms with van der Waals surface area (Å²) in [6.07, 6.45) is 3.10. The molecule has 1 aliphatic rings. The molecule has 1 fully saturated rings. The highest BCUT2D eigenvalue weighted by atomic mass is 19.1. The summed E-state index contributed by atoms with van der Waals surface area (Å²) in [5, 5.41) is 3.16. The molecule has 0 radical (unpaired) electrons. The number of piperidine rings is 1. The van der Waals surface area contributed by atoms with Crippen molar-refractivity contribution in [2.45, 2.75) is 12.8 Å². The van der Waals surface area contributed by atoms with E-state index in [1.165, 1.54) is 12.1 Å². The number of amides is 1. The van der Waals surface area contributed by atoms with Gasteiger partial charge >= 0.3 is 0 Å². The van der Waals surface area contributed by atoms with Gasteiger partial charge in [-0.15, -0.1) is 0 Å². The maximum atomic E-state index is 12.7. The molecule has 18 heavy (non-hydrogen) atoms. The fourth-order valence-corrected chi connectivity index (χ4v) is 2.29. The van der Waals surface area contributed by atoms with Crippen LogP contribution in [-0.2, 0) is 0 Å². The number of hydrogen-bond donors (Lipinski definition) is 1. The van der Waals surface area contributed by atoms with Gasteiger partial charge in [-0.3, -0.25) is 4.79 Å². The van der Waals surface area contributed by atoms with Crippen LogP contribution in [0.5, 0.6) is 0 Å². The van der Waals surface area contributed by atoms with Crippen LogP contribution >= 0.6 is 0 Å². The lowest BCUT2D eigenvalue weighted by atomic mass is 9.96. The normalized spacial score (nSPS) is 16.9. The standard InChI is InChI=1S/C13H18FN3O/c1-15-8-10-4-6-17(7-5-10)13(18)12-3-2-11(14)9-16-12/h2-3,9-10,15H,4-8H2,1H3. The Morgan fingerprint density at radius 3 is 2.78 bits per heavy atom. The van der Waals surface area contributed by atoms with Crippen LogP contribution in [0.1, 0.15) is 23.3 Å². The van der Waals surface area contributed by atoms with Gasteiger partial charge in [-0.2, -0.15) is 0 Å². The molecule has 4 nitrogen and oxygen atoms in total. The van der Waals surface area contributed by atoms with Crippen molar-refractivity contribution in [1.29, 1.82) is 0 Å². The largest absolute Gasteiger partial charge is 0.337 e. The third-order valence-corrected chi connectivity index (χ3v) is 3.34. The van der Waals surface area contributed by atoms with Crippen LogP contribution in [0, 0.1) is 11.7 Å². The number of pyridine rings is 1. The molecule has 0 aromatic carbocycles. The summed E-state index contributed by atoms with van der Waals surface area (Å²) < 4.78 is 12.7. The number of likely N-dealkylation sites (tertiary alicyclic amines) is 1. The fraction of sp³-hybridized carbons (Fsp3) is 0.538. The second kappa shape index (κ2) is 5.91. The lowest BCUT2D eigenvalue weighted by Crippen LogP contribution is -2.40. The van der Waals surface area contributed by atoms with Gasteiger partial charge in [0.05, 0.1) is 6.20 Å². The first kappa shape index (κ1) is 13.0. The van der Waals surface area contributed by atoms with Gasteiger partial charge < -0.3 is 10.2 Å². The molecule has 0 bridgehead atoms. The van der Waals surface area contributed by atoms with E-state index in [0.29, 0.717) is 11.6 Å². The molecule has 1 aliphatic heterocycles. The van der Waals surface area contributed by atoms with Gasteiger partial charge in [0, 0.05) is 13.1 Å². The van der Waals surface area contributed by atoms with Crippen molar-refractivity contribution in [1.82, 2.24) is 15.2 Å². The molecule has 1 aromatic rings. The zero-order chi connectivity index (χ0) is 13.0. The molecule has 1 amide bonds. The third kappa shape index (κ3) is 3.04. The van der Waals surface area contributed by atoms with E-state index in [-0.39, 0.29) is 5.91 Å². The Labute approximate surface area is 106 Å². The number of rotatable bonds is 3. The summed E-state index contributed by atoms with van der Waals surface area (Å²) in [4.78, 5) is 17.7. The minimum absolute atomic E-state index is 0.0992. The van der Waals surface area contributed by atoms with Crippen LogP contribution in [-0.4, -0.2) is 42.5 Å². The molecule has 1 N–H and O–H groups in total. The van der Waals surface area contributed by atoms with Crippen molar-refractivity contribution >= 4 is 5.91 Å². The van der Waals surface area contributed by atoms with E-state index in [4.69, 9.17) is 0 Å². The number of carbonyl (C=O) groups excluding carboxylic acids is 1. The Bertz CT molecular complexity index is 399. The molecule has 1 saturated heterocycles. The number of carbonyl (C=O) groups is 1. The molecular formula is C13H18FN3O. The molecule has 0 aliphatic carbocycles. The van der Waals surface area contributed by atoms with E-state index < -0.39 is 5.82 Å². The van der Waals surface area contributed by atoms with E-state index in [2.05, 4.69) is 10.3 Å². The zero-order valence-electron chi connectivity index (χ0n) is 10.5. The number of aromatic nitrogens is 1. The molecule has 2 rings (SSSR count). The Morgan fingerprint density at radius 1 is 1.50 bits per heavy atom. The Kier molecular flexibility index (Phi) is 4.25. The lowest BCUT2D eigenvalue weighted by molar-refractivity contribution is 0.0685.